The third-order valence-electron chi connectivity index (χ3n) is 5.22. The minimum Gasteiger partial charge on any atom is -0.372 e. The van der Waals surface area contributed by atoms with Gasteiger partial charge >= 0.3 is 0 Å². The summed E-state index contributed by atoms with van der Waals surface area (Å²) in [6, 6.07) is 1.03. The molecule has 0 amide bonds. The van der Waals surface area contributed by atoms with E-state index in [1.165, 1.54) is 44.9 Å². The van der Waals surface area contributed by atoms with Crippen molar-refractivity contribution in [2.75, 3.05) is 13.1 Å². The van der Waals surface area contributed by atoms with E-state index >= 15 is 0 Å². The molecule has 2 bridgehead atoms. The van der Waals surface area contributed by atoms with E-state index in [4.69, 9.17) is 10.5 Å². The van der Waals surface area contributed by atoms with Crippen LogP contribution >= 0.6 is 0 Å². The van der Waals surface area contributed by atoms with E-state index in [1.54, 1.807) is 0 Å². The maximum Gasteiger partial charge on any atom is 0.0707 e. The Morgan fingerprint density at radius 2 is 1.83 bits per heavy atom. The SMILES string of the molecule is CCCC1CCC(N)C(N2CC3CCC(C2)O3)C1. The Labute approximate surface area is 111 Å². The van der Waals surface area contributed by atoms with Crippen LogP contribution in [0.3, 0.4) is 0 Å². The summed E-state index contributed by atoms with van der Waals surface area (Å²) in [6.45, 7) is 4.57. The van der Waals surface area contributed by atoms with Gasteiger partial charge in [-0.1, -0.05) is 19.8 Å². The second-order valence-corrected chi connectivity index (χ2v) is 6.61. The first kappa shape index (κ1) is 12.9. The highest BCUT2D eigenvalue weighted by Crippen LogP contribution is 2.34. The molecule has 3 fully saturated rings. The average molecular weight is 252 g/mol. The van der Waals surface area contributed by atoms with Crippen molar-refractivity contribution >= 4 is 0 Å². The number of nitrogens with zero attached hydrogens (tertiary/aromatic N) is 1. The van der Waals surface area contributed by atoms with Crippen LogP contribution in [0.1, 0.15) is 51.9 Å². The summed E-state index contributed by atoms with van der Waals surface area (Å²) in [7, 11) is 0. The van der Waals surface area contributed by atoms with Gasteiger partial charge in [-0.3, -0.25) is 4.90 Å². The number of nitrogens with two attached hydrogens (primary N) is 1. The van der Waals surface area contributed by atoms with Crippen molar-refractivity contribution in [1.29, 1.82) is 0 Å². The number of fused-ring (bicyclic) bond motifs is 2. The van der Waals surface area contributed by atoms with E-state index in [0.717, 1.165) is 19.0 Å². The summed E-state index contributed by atoms with van der Waals surface area (Å²) < 4.78 is 5.95. The van der Waals surface area contributed by atoms with Crippen molar-refractivity contribution in [3.05, 3.63) is 0 Å². The molecule has 3 rings (SSSR count). The van der Waals surface area contributed by atoms with E-state index in [-0.39, 0.29) is 0 Å². The van der Waals surface area contributed by atoms with Gasteiger partial charge in [0.1, 0.15) is 0 Å². The molecule has 5 atom stereocenters. The third kappa shape index (κ3) is 2.59. The molecule has 0 spiro atoms. The fraction of sp³-hybridized carbons (Fsp3) is 1.00. The Hall–Kier alpha value is -0.120. The average Bonchev–Trinajstić information content (AvgIpc) is 2.71. The second-order valence-electron chi connectivity index (χ2n) is 6.61. The molecule has 2 aliphatic heterocycles. The Morgan fingerprint density at radius 1 is 1.11 bits per heavy atom. The normalized spacial score (nSPS) is 45.3. The number of hydrogen-bond donors (Lipinski definition) is 1. The summed E-state index contributed by atoms with van der Waals surface area (Å²) in [6.07, 6.45) is 10.1. The molecule has 1 saturated carbocycles. The molecule has 3 aliphatic rings. The first-order valence-corrected chi connectivity index (χ1v) is 7.91. The first-order valence-electron chi connectivity index (χ1n) is 7.91. The largest absolute Gasteiger partial charge is 0.372 e. The number of rotatable bonds is 3. The molecule has 0 aromatic heterocycles. The van der Waals surface area contributed by atoms with Crippen molar-refractivity contribution < 1.29 is 4.74 Å². The fourth-order valence-corrected chi connectivity index (χ4v) is 4.26. The zero-order valence-corrected chi connectivity index (χ0v) is 11.7. The molecule has 104 valence electrons. The van der Waals surface area contributed by atoms with E-state index in [2.05, 4.69) is 11.8 Å². The molecule has 2 heterocycles. The van der Waals surface area contributed by atoms with Gasteiger partial charge in [0.2, 0.25) is 0 Å². The predicted molar refractivity (Wildman–Crippen MR) is 73.5 cm³/mol. The van der Waals surface area contributed by atoms with E-state index in [0.29, 0.717) is 24.3 Å². The topological polar surface area (TPSA) is 38.5 Å². The monoisotopic (exact) mass is 252 g/mol. The quantitative estimate of drug-likeness (QED) is 0.836. The van der Waals surface area contributed by atoms with Gasteiger partial charge in [-0.15, -0.1) is 0 Å². The summed E-state index contributed by atoms with van der Waals surface area (Å²) in [4.78, 5) is 2.66. The molecule has 1 aliphatic carbocycles. The van der Waals surface area contributed by atoms with Gasteiger partial charge < -0.3 is 10.5 Å². The van der Waals surface area contributed by atoms with Gasteiger partial charge in [0.25, 0.3) is 0 Å². The molecular formula is C15H28N2O. The third-order valence-corrected chi connectivity index (χ3v) is 5.22. The zero-order chi connectivity index (χ0) is 12.5. The zero-order valence-electron chi connectivity index (χ0n) is 11.7. The predicted octanol–water partition coefficient (Wildman–Crippen LogP) is 2.15. The van der Waals surface area contributed by atoms with Crippen LogP contribution in [0.5, 0.6) is 0 Å². The molecule has 18 heavy (non-hydrogen) atoms. The molecule has 3 heteroatoms. The lowest BCUT2D eigenvalue weighted by Crippen LogP contribution is -2.56. The van der Waals surface area contributed by atoms with Crippen molar-refractivity contribution in [2.24, 2.45) is 11.7 Å². The van der Waals surface area contributed by atoms with E-state index in [1.807, 2.05) is 0 Å². The highest BCUT2D eigenvalue weighted by molar-refractivity contribution is 4.94. The molecule has 0 aromatic rings. The second kappa shape index (κ2) is 5.48. The minimum absolute atomic E-state index is 0.399. The van der Waals surface area contributed by atoms with E-state index in [9.17, 15) is 0 Å². The highest BCUT2D eigenvalue weighted by Gasteiger charge is 2.40. The van der Waals surface area contributed by atoms with Gasteiger partial charge in [0.05, 0.1) is 12.2 Å². The Bertz CT molecular complexity index is 272. The Morgan fingerprint density at radius 3 is 2.50 bits per heavy atom. The van der Waals surface area contributed by atoms with Crippen LogP contribution in [0.15, 0.2) is 0 Å². The van der Waals surface area contributed by atoms with E-state index < -0.39 is 0 Å². The maximum absolute atomic E-state index is 6.40. The summed E-state index contributed by atoms with van der Waals surface area (Å²) in [5.74, 6) is 0.917. The van der Waals surface area contributed by atoms with Crippen LogP contribution in [0.25, 0.3) is 0 Å². The van der Waals surface area contributed by atoms with Gasteiger partial charge in [-0.05, 0) is 38.0 Å². The lowest BCUT2D eigenvalue weighted by molar-refractivity contribution is -0.0635. The van der Waals surface area contributed by atoms with Crippen LogP contribution in [0, 0.1) is 5.92 Å². The number of morpholine rings is 1. The van der Waals surface area contributed by atoms with Crippen LogP contribution in [-0.2, 0) is 4.74 Å². The van der Waals surface area contributed by atoms with Crippen molar-refractivity contribution in [2.45, 2.75) is 76.2 Å². The fourth-order valence-electron chi connectivity index (χ4n) is 4.26. The maximum atomic E-state index is 6.40. The van der Waals surface area contributed by atoms with Crippen LogP contribution in [0.2, 0.25) is 0 Å². The van der Waals surface area contributed by atoms with Crippen molar-refractivity contribution in [3.63, 3.8) is 0 Å². The lowest BCUT2D eigenvalue weighted by Gasteiger charge is -2.44. The lowest BCUT2D eigenvalue weighted by atomic mass is 9.79. The minimum atomic E-state index is 0.399. The van der Waals surface area contributed by atoms with Gasteiger partial charge in [-0.2, -0.15) is 0 Å². The first-order chi connectivity index (χ1) is 8.76. The van der Waals surface area contributed by atoms with Gasteiger partial charge in [-0.25, -0.2) is 0 Å². The Balaban J connectivity index is 1.62. The molecular weight excluding hydrogens is 224 g/mol. The highest BCUT2D eigenvalue weighted by atomic mass is 16.5. The van der Waals surface area contributed by atoms with Crippen LogP contribution < -0.4 is 5.73 Å². The number of hydrogen-bond acceptors (Lipinski definition) is 3. The van der Waals surface area contributed by atoms with Gasteiger partial charge in [0.15, 0.2) is 0 Å². The molecule has 2 N–H and O–H groups in total. The van der Waals surface area contributed by atoms with Gasteiger partial charge in [0, 0.05) is 25.2 Å². The van der Waals surface area contributed by atoms with Crippen molar-refractivity contribution in [3.8, 4) is 0 Å². The molecule has 0 aromatic carbocycles. The molecule has 5 unspecified atom stereocenters. The number of ether oxygens (including phenoxy) is 1. The molecule has 0 radical (unpaired) electrons. The molecule has 2 saturated heterocycles. The summed E-state index contributed by atoms with van der Waals surface area (Å²) >= 11 is 0. The van der Waals surface area contributed by atoms with Crippen LogP contribution in [0.4, 0.5) is 0 Å². The standard InChI is InChI=1S/C15H28N2O/c1-2-3-11-4-7-14(16)15(8-11)17-9-12-5-6-13(10-17)18-12/h11-15H,2-10,16H2,1H3. The van der Waals surface area contributed by atoms with Crippen molar-refractivity contribution in [1.82, 2.24) is 4.90 Å². The molecule has 3 nitrogen and oxygen atoms in total. The smallest absolute Gasteiger partial charge is 0.0707 e. The Kier molecular flexibility index (Phi) is 3.92. The van der Waals surface area contributed by atoms with Crippen LogP contribution in [-0.4, -0.2) is 42.3 Å². The summed E-state index contributed by atoms with van der Waals surface area (Å²) in [5, 5.41) is 0. The number of likely N-dealkylation sites (tertiary alicyclic amines) is 1. The summed E-state index contributed by atoms with van der Waals surface area (Å²) in [5.41, 5.74) is 6.40.